The van der Waals surface area contributed by atoms with Crippen LogP contribution in [0.5, 0.6) is 0 Å². The number of carbonyl (C=O) groups is 7. The highest BCUT2D eigenvalue weighted by Crippen LogP contribution is 2.15. The highest BCUT2D eigenvalue weighted by molar-refractivity contribution is 6.12. The molecule has 2 unspecified atom stereocenters. The quantitative estimate of drug-likeness (QED) is 0.0683. The summed E-state index contributed by atoms with van der Waals surface area (Å²) in [4.78, 5) is 89.1. The van der Waals surface area contributed by atoms with Crippen molar-refractivity contribution in [2.45, 2.75) is 57.7 Å². The fourth-order valence-corrected chi connectivity index (χ4v) is 4.81. The van der Waals surface area contributed by atoms with Crippen LogP contribution in [0.1, 0.15) is 32.3 Å². The summed E-state index contributed by atoms with van der Waals surface area (Å²) in [5, 5.41) is 29.7. The van der Waals surface area contributed by atoms with Gasteiger partial charge >= 0.3 is 6.03 Å². The Bertz CT molecular complexity index is 1410. The second kappa shape index (κ2) is 17.7. The lowest BCUT2D eigenvalue weighted by molar-refractivity contribution is -0.143. The molecule has 2 heterocycles. The molecule has 48 heavy (non-hydrogen) atoms. The van der Waals surface area contributed by atoms with E-state index in [1.54, 1.807) is 38.1 Å². The number of carbonyl (C=O) groups excluding carboxylic acids is 7. The van der Waals surface area contributed by atoms with E-state index in [9.17, 15) is 43.8 Å². The van der Waals surface area contributed by atoms with Crippen LogP contribution in [0.2, 0.25) is 0 Å². The molecule has 0 aliphatic carbocycles. The molecule has 8 N–H and O–H groups in total. The molecular weight excluding hydrogens is 630 g/mol. The molecule has 0 radical (unpaired) electrons. The first-order valence-corrected chi connectivity index (χ1v) is 15.2. The first-order valence-electron chi connectivity index (χ1n) is 15.2. The maximum Gasteiger partial charge on any atom is 0.312 e. The lowest BCUT2D eigenvalue weighted by Crippen LogP contribution is -2.55. The van der Waals surface area contributed by atoms with Crippen LogP contribution in [0.3, 0.4) is 0 Å². The van der Waals surface area contributed by atoms with Gasteiger partial charge in [-0.3, -0.25) is 33.7 Å². The van der Waals surface area contributed by atoms with Gasteiger partial charge in [0.25, 0.3) is 11.8 Å². The first kappa shape index (κ1) is 37.3. The smallest absolute Gasteiger partial charge is 0.312 e. The van der Waals surface area contributed by atoms with Gasteiger partial charge in [0.05, 0.1) is 25.8 Å². The summed E-state index contributed by atoms with van der Waals surface area (Å²) in [6.07, 6.45) is 2.61. The predicted octanol–water partition coefficient (Wildman–Crippen LogP) is -1.78. The third-order valence-corrected chi connectivity index (χ3v) is 7.42. The van der Waals surface area contributed by atoms with Gasteiger partial charge in [0, 0.05) is 30.5 Å². The summed E-state index contributed by atoms with van der Waals surface area (Å²) in [7, 11) is 0. The summed E-state index contributed by atoms with van der Waals surface area (Å²) in [5.74, 6) is -4.17. The Morgan fingerprint density at radius 3 is 2.17 bits per heavy atom. The number of nitrogens with two attached hydrogens (primary N) is 1. The molecule has 0 spiro atoms. The maximum absolute atomic E-state index is 13.4. The Kier molecular flexibility index (Phi) is 13.8. The van der Waals surface area contributed by atoms with Gasteiger partial charge in [-0.1, -0.05) is 26.0 Å². The standard InChI is InChI=1S/C31H41N7O10/c1-18(2)28(30(46)35-22(4-3-13-33-31(32)47)29(45)34-20-7-5-19(16-39)6-8-20)36-23(40)17-48-21(14-37-24(41)9-10-25(37)42)15-38-26(43)11-12-27(38)44/h5-12,18,21-22,24,28,39,41H,3-4,13-17H2,1-2H3,(H,34,45)(H,35,46)(H,36,40)(H3,32,33,47)/t21?,22-,24?,28-/m0/s1. The zero-order valence-electron chi connectivity index (χ0n) is 26.6. The number of benzene rings is 1. The number of amides is 8. The van der Waals surface area contributed by atoms with Crippen molar-refractivity contribution in [3.63, 3.8) is 0 Å². The second-order valence-electron chi connectivity index (χ2n) is 11.4. The van der Waals surface area contributed by atoms with E-state index >= 15 is 0 Å². The largest absolute Gasteiger partial charge is 0.392 e. The number of aliphatic hydroxyl groups excluding tert-OH is 2. The number of anilines is 1. The highest BCUT2D eigenvalue weighted by Gasteiger charge is 2.33. The van der Waals surface area contributed by atoms with Gasteiger partial charge in [0.2, 0.25) is 23.6 Å². The highest BCUT2D eigenvalue weighted by atomic mass is 16.5. The molecule has 0 saturated carbocycles. The summed E-state index contributed by atoms with van der Waals surface area (Å²) in [5.41, 5.74) is 6.16. The molecule has 2 aliphatic rings. The molecule has 2 aliphatic heterocycles. The second-order valence-corrected chi connectivity index (χ2v) is 11.4. The summed E-state index contributed by atoms with van der Waals surface area (Å²) in [6, 6.07) is 3.47. The summed E-state index contributed by atoms with van der Waals surface area (Å²) < 4.78 is 5.69. The Balaban J connectivity index is 1.66. The SMILES string of the molecule is CC(C)[C@H](NC(=O)COC(CN1C(=O)C=CC1=O)CN1C(=O)C=CC1O)C(=O)N[C@@H](CCCNC(N)=O)C(=O)Nc1ccc(CO)cc1. The van der Waals surface area contributed by atoms with Crippen LogP contribution in [-0.2, 0) is 40.1 Å². The molecule has 3 rings (SSSR count). The Labute approximate surface area is 276 Å². The number of imide groups is 1. The summed E-state index contributed by atoms with van der Waals surface area (Å²) in [6.45, 7) is 2.11. The normalized spacial score (nSPS) is 17.4. The van der Waals surface area contributed by atoms with E-state index in [0.29, 0.717) is 11.3 Å². The van der Waals surface area contributed by atoms with E-state index in [1.165, 1.54) is 6.08 Å². The fourth-order valence-electron chi connectivity index (χ4n) is 4.81. The van der Waals surface area contributed by atoms with Crippen LogP contribution >= 0.6 is 0 Å². The van der Waals surface area contributed by atoms with Crippen molar-refractivity contribution in [3.05, 3.63) is 54.1 Å². The van der Waals surface area contributed by atoms with Gasteiger partial charge in [0.15, 0.2) is 0 Å². The third-order valence-electron chi connectivity index (χ3n) is 7.42. The molecule has 0 saturated heterocycles. The lowest BCUT2D eigenvalue weighted by Gasteiger charge is -2.29. The van der Waals surface area contributed by atoms with Gasteiger partial charge in [-0.15, -0.1) is 0 Å². The van der Waals surface area contributed by atoms with E-state index in [4.69, 9.17) is 10.5 Å². The van der Waals surface area contributed by atoms with Gasteiger partial charge in [-0.2, -0.15) is 0 Å². The van der Waals surface area contributed by atoms with Crippen LogP contribution in [0.4, 0.5) is 10.5 Å². The molecule has 17 nitrogen and oxygen atoms in total. The van der Waals surface area contributed by atoms with Gasteiger partial charge in [0.1, 0.15) is 24.9 Å². The van der Waals surface area contributed by atoms with Crippen LogP contribution < -0.4 is 27.0 Å². The molecule has 8 amide bonds. The number of aliphatic hydroxyl groups is 2. The molecule has 1 aromatic rings. The predicted molar refractivity (Wildman–Crippen MR) is 169 cm³/mol. The van der Waals surface area contributed by atoms with Crippen molar-refractivity contribution in [1.29, 1.82) is 0 Å². The monoisotopic (exact) mass is 671 g/mol. The van der Waals surface area contributed by atoms with Crippen molar-refractivity contribution < 1.29 is 48.5 Å². The number of hydrogen-bond donors (Lipinski definition) is 7. The Hall–Kier alpha value is -5.13. The molecule has 0 fully saturated rings. The molecule has 0 aromatic heterocycles. The van der Waals surface area contributed by atoms with Gasteiger partial charge < -0.3 is 46.9 Å². The molecule has 0 bridgehead atoms. The number of ether oxygens (including phenoxy) is 1. The summed E-state index contributed by atoms with van der Waals surface area (Å²) >= 11 is 0. The number of hydrogen-bond acceptors (Lipinski definition) is 10. The van der Waals surface area contributed by atoms with Crippen molar-refractivity contribution in [3.8, 4) is 0 Å². The molecule has 1 aromatic carbocycles. The fraction of sp³-hybridized carbons (Fsp3) is 0.452. The van der Waals surface area contributed by atoms with Crippen LogP contribution in [-0.4, -0.2) is 112 Å². The van der Waals surface area contributed by atoms with E-state index < -0.39 is 78.4 Å². The number of rotatable bonds is 18. The Morgan fingerprint density at radius 2 is 1.60 bits per heavy atom. The van der Waals surface area contributed by atoms with Crippen LogP contribution in [0.25, 0.3) is 0 Å². The van der Waals surface area contributed by atoms with E-state index in [-0.39, 0.29) is 39.1 Å². The van der Waals surface area contributed by atoms with Crippen LogP contribution in [0.15, 0.2) is 48.6 Å². The van der Waals surface area contributed by atoms with E-state index in [1.807, 2.05) is 0 Å². The van der Waals surface area contributed by atoms with Gasteiger partial charge in [-0.25, -0.2) is 4.79 Å². The maximum atomic E-state index is 13.4. The minimum Gasteiger partial charge on any atom is -0.392 e. The number of nitrogens with one attached hydrogen (secondary N) is 4. The average Bonchev–Trinajstić information content (AvgIpc) is 3.53. The minimum atomic E-state index is -1.26. The molecule has 4 atom stereocenters. The van der Waals surface area contributed by atoms with Crippen molar-refractivity contribution in [1.82, 2.24) is 25.8 Å². The molecular formula is C31H41N7O10. The van der Waals surface area contributed by atoms with Gasteiger partial charge in [-0.05, 0) is 42.5 Å². The first-order chi connectivity index (χ1) is 22.8. The number of nitrogens with zero attached hydrogens (tertiary/aromatic N) is 2. The number of primary amides is 1. The van der Waals surface area contributed by atoms with E-state index in [0.717, 1.165) is 28.0 Å². The van der Waals surface area contributed by atoms with Crippen molar-refractivity contribution >= 4 is 47.2 Å². The van der Waals surface area contributed by atoms with E-state index in [2.05, 4.69) is 21.3 Å². The lowest BCUT2D eigenvalue weighted by atomic mass is 10.0. The average molecular weight is 672 g/mol. The third kappa shape index (κ3) is 11.0. The topological polar surface area (TPSA) is 250 Å². The molecule has 260 valence electrons. The zero-order valence-corrected chi connectivity index (χ0v) is 26.6. The Morgan fingerprint density at radius 1 is 0.938 bits per heavy atom. The zero-order chi connectivity index (χ0) is 35.4. The van der Waals surface area contributed by atoms with Crippen molar-refractivity contribution in [2.24, 2.45) is 11.7 Å². The van der Waals surface area contributed by atoms with Crippen LogP contribution in [0, 0.1) is 5.92 Å². The minimum absolute atomic E-state index is 0.106. The van der Waals surface area contributed by atoms with Crippen molar-refractivity contribution in [2.75, 3.05) is 31.6 Å². The number of urea groups is 1. The molecule has 17 heteroatoms.